The minimum atomic E-state index is -0.843. The summed E-state index contributed by atoms with van der Waals surface area (Å²) in [6, 6.07) is 8.28. The summed E-state index contributed by atoms with van der Waals surface area (Å²) in [5.74, 6) is 1.30. The van der Waals surface area contributed by atoms with Crippen molar-refractivity contribution in [2.24, 2.45) is 17.8 Å². The van der Waals surface area contributed by atoms with Crippen molar-refractivity contribution in [3.8, 4) is 6.07 Å². The highest BCUT2D eigenvalue weighted by molar-refractivity contribution is 5.92. The lowest BCUT2D eigenvalue weighted by molar-refractivity contribution is -0.130. The molecule has 3 rings (SSSR count). The van der Waals surface area contributed by atoms with Crippen molar-refractivity contribution in [3.05, 3.63) is 35.4 Å². The summed E-state index contributed by atoms with van der Waals surface area (Å²) in [6.45, 7) is 3.64. The maximum absolute atomic E-state index is 12.4. The van der Waals surface area contributed by atoms with Crippen molar-refractivity contribution in [2.75, 3.05) is 0 Å². The number of nitrogens with zero attached hydrogens (tertiary/aromatic N) is 1. The number of esters is 1. The second-order valence-corrected chi connectivity index (χ2v) is 7.37. The van der Waals surface area contributed by atoms with Crippen molar-refractivity contribution in [3.63, 3.8) is 0 Å². The number of hydrogen-bond acceptors (Lipinski definition) is 4. The molecule has 0 radical (unpaired) electrons. The number of ether oxygens (including phenoxy) is 1. The molecule has 25 heavy (non-hydrogen) atoms. The molecule has 0 spiro atoms. The maximum Gasteiger partial charge on any atom is 0.338 e. The van der Waals surface area contributed by atoms with E-state index in [0.717, 1.165) is 11.8 Å². The zero-order valence-corrected chi connectivity index (χ0v) is 14.7. The Morgan fingerprint density at radius 3 is 2.48 bits per heavy atom. The van der Waals surface area contributed by atoms with E-state index in [-0.39, 0.29) is 11.9 Å². The van der Waals surface area contributed by atoms with Gasteiger partial charge in [-0.3, -0.25) is 4.79 Å². The Morgan fingerprint density at radius 2 is 1.92 bits per heavy atom. The predicted octanol–water partition coefficient (Wildman–Crippen LogP) is 3.04. The molecule has 2 saturated carbocycles. The normalized spacial score (nSPS) is 26.5. The third-order valence-corrected chi connectivity index (χ3v) is 5.71. The number of carbonyl (C=O) groups is 2. The van der Waals surface area contributed by atoms with E-state index in [1.807, 2.05) is 6.07 Å². The highest BCUT2D eigenvalue weighted by Crippen LogP contribution is 2.49. The van der Waals surface area contributed by atoms with Gasteiger partial charge in [0.1, 0.15) is 0 Å². The van der Waals surface area contributed by atoms with Crippen LogP contribution in [0.4, 0.5) is 0 Å². The minimum absolute atomic E-state index is 0.110. The molecule has 1 aromatic rings. The van der Waals surface area contributed by atoms with Gasteiger partial charge in [0.15, 0.2) is 6.10 Å². The third-order valence-electron chi connectivity index (χ3n) is 5.71. The van der Waals surface area contributed by atoms with E-state index < -0.39 is 12.1 Å². The standard InChI is InChI=1S/C20H24N2O3/c1-12(18-10-15-5-8-17(18)9-15)22-19(23)13(2)25-20(24)16-6-3-14(11-21)4-7-16/h3-4,6-7,12-13,15,17-18H,5,8-10H2,1-2H3,(H,22,23)/t12-,13-,15-,17-,18-/m0/s1. The first-order chi connectivity index (χ1) is 12.0. The smallest absolute Gasteiger partial charge is 0.338 e. The van der Waals surface area contributed by atoms with Crippen LogP contribution in [0.15, 0.2) is 24.3 Å². The topological polar surface area (TPSA) is 79.2 Å². The summed E-state index contributed by atoms with van der Waals surface area (Å²) in [7, 11) is 0. The van der Waals surface area contributed by atoms with Gasteiger partial charge < -0.3 is 10.1 Å². The van der Waals surface area contributed by atoms with Crippen LogP contribution in [0.25, 0.3) is 0 Å². The summed E-state index contributed by atoms with van der Waals surface area (Å²) in [4.78, 5) is 24.5. The maximum atomic E-state index is 12.4. The Labute approximate surface area is 148 Å². The van der Waals surface area contributed by atoms with Gasteiger partial charge in [-0.15, -0.1) is 0 Å². The second kappa shape index (κ2) is 7.26. The van der Waals surface area contributed by atoms with E-state index in [0.29, 0.717) is 17.0 Å². The number of benzene rings is 1. The summed E-state index contributed by atoms with van der Waals surface area (Å²) in [5, 5.41) is 11.8. The lowest BCUT2D eigenvalue weighted by Crippen LogP contribution is -2.45. The number of nitrogens with one attached hydrogen (secondary N) is 1. The van der Waals surface area contributed by atoms with Crippen molar-refractivity contribution in [1.82, 2.24) is 5.32 Å². The van der Waals surface area contributed by atoms with Crippen LogP contribution in [0, 0.1) is 29.1 Å². The van der Waals surface area contributed by atoms with Crippen LogP contribution in [0.3, 0.4) is 0 Å². The molecule has 0 unspecified atom stereocenters. The van der Waals surface area contributed by atoms with Gasteiger partial charge in [0.25, 0.3) is 5.91 Å². The molecule has 0 aromatic heterocycles. The molecule has 1 N–H and O–H groups in total. The Balaban J connectivity index is 1.51. The van der Waals surface area contributed by atoms with Gasteiger partial charge in [-0.1, -0.05) is 6.42 Å². The molecular formula is C20H24N2O3. The molecule has 132 valence electrons. The Bertz CT molecular complexity index is 692. The van der Waals surface area contributed by atoms with Gasteiger partial charge in [0, 0.05) is 6.04 Å². The Hall–Kier alpha value is -2.35. The zero-order chi connectivity index (χ0) is 18.0. The van der Waals surface area contributed by atoms with Crippen LogP contribution < -0.4 is 5.32 Å². The highest BCUT2D eigenvalue weighted by Gasteiger charge is 2.42. The molecule has 5 atom stereocenters. The number of rotatable bonds is 5. The van der Waals surface area contributed by atoms with E-state index in [1.54, 1.807) is 19.1 Å². The number of nitriles is 1. The predicted molar refractivity (Wildman–Crippen MR) is 92.6 cm³/mol. The second-order valence-electron chi connectivity index (χ2n) is 7.37. The molecule has 2 bridgehead atoms. The van der Waals surface area contributed by atoms with Gasteiger partial charge in [-0.05, 0) is 75.1 Å². The SMILES string of the molecule is C[C@H](OC(=O)c1ccc(C#N)cc1)C(=O)N[C@@H](C)[C@@H]1C[C@H]2CC[C@H]1C2. The summed E-state index contributed by atoms with van der Waals surface area (Å²) in [5.41, 5.74) is 0.807. The van der Waals surface area contributed by atoms with Crippen molar-refractivity contribution >= 4 is 11.9 Å². The number of hydrogen-bond donors (Lipinski definition) is 1. The van der Waals surface area contributed by atoms with Crippen LogP contribution in [0.2, 0.25) is 0 Å². The third kappa shape index (κ3) is 3.84. The molecule has 5 nitrogen and oxygen atoms in total. The molecule has 0 heterocycles. The minimum Gasteiger partial charge on any atom is -0.449 e. The Morgan fingerprint density at radius 1 is 1.20 bits per heavy atom. The molecule has 0 saturated heterocycles. The molecule has 1 aromatic carbocycles. The van der Waals surface area contributed by atoms with Crippen LogP contribution >= 0.6 is 0 Å². The summed E-state index contributed by atoms with van der Waals surface area (Å²) in [6.07, 6.45) is 4.27. The monoisotopic (exact) mass is 340 g/mol. The first-order valence-corrected chi connectivity index (χ1v) is 8.99. The largest absolute Gasteiger partial charge is 0.449 e. The lowest BCUT2D eigenvalue weighted by atomic mass is 9.84. The number of carbonyl (C=O) groups excluding carboxylic acids is 2. The van der Waals surface area contributed by atoms with Crippen molar-refractivity contribution in [1.29, 1.82) is 5.26 Å². The first-order valence-electron chi connectivity index (χ1n) is 8.99. The average molecular weight is 340 g/mol. The number of fused-ring (bicyclic) bond motifs is 2. The van der Waals surface area contributed by atoms with Crippen LogP contribution in [-0.4, -0.2) is 24.0 Å². The highest BCUT2D eigenvalue weighted by atomic mass is 16.5. The van der Waals surface area contributed by atoms with Gasteiger partial charge in [0.2, 0.25) is 0 Å². The van der Waals surface area contributed by atoms with E-state index in [4.69, 9.17) is 10.00 Å². The fourth-order valence-corrected chi connectivity index (χ4v) is 4.32. The molecule has 2 aliphatic carbocycles. The van der Waals surface area contributed by atoms with Gasteiger partial charge in [0.05, 0.1) is 17.2 Å². The lowest BCUT2D eigenvalue weighted by Gasteiger charge is -2.29. The first kappa shape index (κ1) is 17.5. The fourth-order valence-electron chi connectivity index (χ4n) is 4.32. The Kier molecular flexibility index (Phi) is 5.08. The van der Waals surface area contributed by atoms with E-state index in [2.05, 4.69) is 12.2 Å². The van der Waals surface area contributed by atoms with Gasteiger partial charge in [-0.2, -0.15) is 5.26 Å². The van der Waals surface area contributed by atoms with E-state index in [1.165, 1.54) is 37.8 Å². The van der Waals surface area contributed by atoms with Crippen molar-refractivity contribution in [2.45, 2.75) is 51.7 Å². The molecule has 1 amide bonds. The van der Waals surface area contributed by atoms with Crippen LogP contribution in [0.5, 0.6) is 0 Å². The van der Waals surface area contributed by atoms with E-state index >= 15 is 0 Å². The fraction of sp³-hybridized carbons (Fsp3) is 0.550. The van der Waals surface area contributed by atoms with Crippen LogP contribution in [0.1, 0.15) is 55.5 Å². The molecule has 2 aliphatic rings. The summed E-state index contributed by atoms with van der Waals surface area (Å²) >= 11 is 0. The van der Waals surface area contributed by atoms with Crippen LogP contribution in [-0.2, 0) is 9.53 Å². The van der Waals surface area contributed by atoms with E-state index in [9.17, 15) is 9.59 Å². The average Bonchev–Trinajstić information content (AvgIpc) is 3.25. The summed E-state index contributed by atoms with van der Waals surface area (Å²) < 4.78 is 5.26. The van der Waals surface area contributed by atoms with Crippen molar-refractivity contribution < 1.29 is 14.3 Å². The molecule has 0 aliphatic heterocycles. The zero-order valence-electron chi connectivity index (χ0n) is 14.7. The molecule has 2 fully saturated rings. The molecule has 5 heteroatoms. The quantitative estimate of drug-likeness (QED) is 0.836. The van der Waals surface area contributed by atoms with Gasteiger partial charge in [-0.25, -0.2) is 4.79 Å². The van der Waals surface area contributed by atoms with Gasteiger partial charge >= 0.3 is 5.97 Å². The number of amides is 1. The molecular weight excluding hydrogens is 316 g/mol.